The lowest BCUT2D eigenvalue weighted by Crippen LogP contribution is -2.05. The fourth-order valence-electron chi connectivity index (χ4n) is 1.76. The Bertz CT molecular complexity index is 553. The van der Waals surface area contributed by atoms with Crippen LogP contribution in [0.2, 0.25) is 0 Å². The molecule has 0 heterocycles. The van der Waals surface area contributed by atoms with Crippen LogP contribution in [0.5, 0.6) is 0 Å². The maximum atomic E-state index is 13.1. The van der Waals surface area contributed by atoms with Crippen molar-refractivity contribution in [1.82, 2.24) is 0 Å². The Balaban J connectivity index is 0.000000449. The van der Waals surface area contributed by atoms with Crippen LogP contribution in [-0.2, 0) is 0 Å². The molecule has 0 saturated carbocycles. The average molecular weight is 328 g/mol. The number of hydrogen-bond acceptors (Lipinski definition) is 0. The van der Waals surface area contributed by atoms with E-state index in [1.54, 1.807) is 6.92 Å². The van der Waals surface area contributed by atoms with Gasteiger partial charge in [0.1, 0.15) is 0 Å². The molecule has 0 N–H and O–H groups in total. The summed E-state index contributed by atoms with van der Waals surface area (Å²) in [5.74, 6) is -5.82. The van der Waals surface area contributed by atoms with E-state index in [9.17, 15) is 17.6 Å². The second kappa shape index (κ2) is 10.8. The van der Waals surface area contributed by atoms with Gasteiger partial charge in [-0.3, -0.25) is 0 Å². The third kappa shape index (κ3) is 6.43. The van der Waals surface area contributed by atoms with Crippen molar-refractivity contribution in [3.63, 3.8) is 0 Å². The van der Waals surface area contributed by atoms with Crippen LogP contribution in [0.15, 0.2) is 36.4 Å². The molecule has 23 heavy (non-hydrogen) atoms. The van der Waals surface area contributed by atoms with Crippen LogP contribution in [0.3, 0.4) is 0 Å². The fraction of sp³-hybridized carbons (Fsp3) is 0.368. The highest BCUT2D eigenvalue weighted by molar-refractivity contribution is 5.25. The number of hydrogen-bond donors (Lipinski definition) is 0. The summed E-state index contributed by atoms with van der Waals surface area (Å²) < 4.78 is 51.7. The topological polar surface area (TPSA) is 0 Å². The normalized spacial score (nSPS) is 10.8. The summed E-state index contributed by atoms with van der Waals surface area (Å²) >= 11 is 0. The molecule has 0 amide bonds. The molecule has 2 aromatic carbocycles. The van der Waals surface area contributed by atoms with E-state index >= 15 is 0 Å². The Morgan fingerprint density at radius 1 is 0.870 bits per heavy atom. The summed E-state index contributed by atoms with van der Waals surface area (Å²) in [5.41, 5.74) is 0.813. The van der Waals surface area contributed by atoms with Gasteiger partial charge >= 0.3 is 0 Å². The number of aryl methyl sites for hydroxylation is 1. The minimum Gasteiger partial charge on any atom is -0.204 e. The van der Waals surface area contributed by atoms with Gasteiger partial charge in [-0.05, 0) is 19.3 Å². The SMILES string of the molecule is CC.CCC(C)c1c(F)c(F)cc(F)c1F.Cc1ccccc1. The van der Waals surface area contributed by atoms with E-state index in [2.05, 4.69) is 19.1 Å². The van der Waals surface area contributed by atoms with Gasteiger partial charge in [0, 0.05) is 11.6 Å². The Kier molecular flexibility index (Phi) is 9.95. The summed E-state index contributed by atoms with van der Waals surface area (Å²) in [6.45, 7) is 9.28. The molecule has 0 aliphatic heterocycles. The molecule has 0 nitrogen and oxygen atoms in total. The summed E-state index contributed by atoms with van der Waals surface area (Å²) in [4.78, 5) is 0. The van der Waals surface area contributed by atoms with Crippen molar-refractivity contribution in [2.24, 2.45) is 0 Å². The molecule has 0 bridgehead atoms. The third-order valence-corrected chi connectivity index (χ3v) is 3.19. The summed E-state index contributed by atoms with van der Waals surface area (Å²) in [6, 6.07) is 10.5. The van der Waals surface area contributed by atoms with Crippen LogP contribution in [0, 0.1) is 30.2 Å². The van der Waals surface area contributed by atoms with E-state index in [0.29, 0.717) is 6.42 Å². The van der Waals surface area contributed by atoms with E-state index < -0.39 is 34.8 Å². The van der Waals surface area contributed by atoms with Gasteiger partial charge in [-0.1, -0.05) is 63.6 Å². The zero-order valence-electron chi connectivity index (χ0n) is 14.3. The molecule has 2 aromatic rings. The first-order valence-electron chi connectivity index (χ1n) is 7.73. The Hall–Kier alpha value is -1.84. The molecular formula is C19H24F4. The van der Waals surface area contributed by atoms with Gasteiger partial charge in [0.05, 0.1) is 0 Å². The zero-order chi connectivity index (χ0) is 18.0. The molecule has 0 aliphatic rings. The molecule has 1 unspecified atom stereocenters. The van der Waals surface area contributed by atoms with Crippen LogP contribution in [-0.4, -0.2) is 0 Å². The van der Waals surface area contributed by atoms with Crippen LogP contribution in [0.25, 0.3) is 0 Å². The van der Waals surface area contributed by atoms with E-state index in [4.69, 9.17) is 0 Å². The van der Waals surface area contributed by atoms with Gasteiger partial charge in [-0.2, -0.15) is 0 Å². The Morgan fingerprint density at radius 2 is 1.30 bits per heavy atom. The van der Waals surface area contributed by atoms with E-state index in [-0.39, 0.29) is 6.07 Å². The highest BCUT2D eigenvalue weighted by Gasteiger charge is 2.22. The van der Waals surface area contributed by atoms with Crippen molar-refractivity contribution < 1.29 is 17.6 Å². The minimum absolute atomic E-state index is 0.219. The number of benzene rings is 2. The molecule has 4 heteroatoms. The first kappa shape index (κ1) is 21.2. The molecule has 0 aliphatic carbocycles. The molecular weight excluding hydrogens is 304 g/mol. The van der Waals surface area contributed by atoms with Gasteiger partial charge in [0.15, 0.2) is 23.3 Å². The molecule has 0 saturated heterocycles. The number of halogens is 4. The van der Waals surface area contributed by atoms with Crippen LogP contribution in [0.1, 0.15) is 51.2 Å². The predicted octanol–water partition coefficient (Wildman–Crippen LogP) is 6.78. The summed E-state index contributed by atoms with van der Waals surface area (Å²) in [7, 11) is 0. The average Bonchev–Trinajstić information content (AvgIpc) is 2.56. The maximum absolute atomic E-state index is 13.1. The predicted molar refractivity (Wildman–Crippen MR) is 87.5 cm³/mol. The Labute approximate surface area is 136 Å². The van der Waals surface area contributed by atoms with E-state index in [1.807, 2.05) is 32.0 Å². The monoisotopic (exact) mass is 328 g/mol. The smallest absolute Gasteiger partial charge is 0.165 e. The molecule has 1 atom stereocenters. The largest absolute Gasteiger partial charge is 0.204 e. The van der Waals surface area contributed by atoms with Crippen molar-refractivity contribution in [1.29, 1.82) is 0 Å². The van der Waals surface area contributed by atoms with E-state index in [1.165, 1.54) is 12.5 Å². The van der Waals surface area contributed by atoms with Gasteiger partial charge in [-0.25, -0.2) is 17.6 Å². The molecule has 2 rings (SSSR count). The van der Waals surface area contributed by atoms with Crippen LogP contribution < -0.4 is 0 Å². The first-order valence-corrected chi connectivity index (χ1v) is 7.73. The maximum Gasteiger partial charge on any atom is 0.165 e. The molecule has 0 spiro atoms. The van der Waals surface area contributed by atoms with Crippen LogP contribution >= 0.6 is 0 Å². The van der Waals surface area contributed by atoms with Gasteiger partial charge in [-0.15, -0.1) is 0 Å². The quantitative estimate of drug-likeness (QED) is 0.421. The lowest BCUT2D eigenvalue weighted by Gasteiger charge is -2.12. The second-order valence-corrected chi connectivity index (χ2v) is 4.85. The zero-order valence-corrected chi connectivity index (χ0v) is 14.3. The van der Waals surface area contributed by atoms with Gasteiger partial charge in [0.25, 0.3) is 0 Å². The van der Waals surface area contributed by atoms with Crippen LogP contribution in [0.4, 0.5) is 17.6 Å². The highest BCUT2D eigenvalue weighted by Crippen LogP contribution is 2.28. The molecule has 0 fully saturated rings. The van der Waals surface area contributed by atoms with Crippen molar-refractivity contribution in [3.8, 4) is 0 Å². The minimum atomic E-state index is -1.35. The summed E-state index contributed by atoms with van der Waals surface area (Å²) in [6.07, 6.45) is 0.413. The van der Waals surface area contributed by atoms with Gasteiger partial charge < -0.3 is 0 Å². The van der Waals surface area contributed by atoms with Crippen molar-refractivity contribution in [2.45, 2.75) is 47.0 Å². The lowest BCUT2D eigenvalue weighted by atomic mass is 9.97. The summed E-state index contributed by atoms with van der Waals surface area (Å²) in [5, 5.41) is 0. The third-order valence-electron chi connectivity index (χ3n) is 3.19. The standard InChI is InChI=1S/C10H10F4.C7H8.C2H6/c1-3-5(2)8-9(13)6(11)4-7(12)10(8)14;1-7-5-3-2-4-6-7;1-2/h4-5H,3H2,1-2H3;2-6H,1H3;1-2H3. The van der Waals surface area contributed by atoms with Gasteiger partial charge in [0.2, 0.25) is 0 Å². The van der Waals surface area contributed by atoms with Crippen molar-refractivity contribution in [2.75, 3.05) is 0 Å². The fourth-order valence-corrected chi connectivity index (χ4v) is 1.76. The molecule has 0 radical (unpaired) electrons. The first-order chi connectivity index (χ1) is 10.9. The second-order valence-electron chi connectivity index (χ2n) is 4.85. The number of rotatable bonds is 2. The Morgan fingerprint density at radius 3 is 1.61 bits per heavy atom. The van der Waals surface area contributed by atoms with E-state index in [0.717, 1.165) is 0 Å². The lowest BCUT2D eigenvalue weighted by molar-refractivity contribution is 0.427. The molecule has 128 valence electrons. The van der Waals surface area contributed by atoms with Crippen molar-refractivity contribution in [3.05, 3.63) is 70.8 Å². The molecule has 0 aromatic heterocycles. The highest BCUT2D eigenvalue weighted by atomic mass is 19.2. The van der Waals surface area contributed by atoms with Crippen molar-refractivity contribution >= 4 is 0 Å².